The van der Waals surface area contributed by atoms with Crippen LogP contribution in [0.3, 0.4) is 0 Å². The molecule has 1 N–H and O–H groups in total. The summed E-state index contributed by atoms with van der Waals surface area (Å²) < 4.78 is 0. The van der Waals surface area contributed by atoms with E-state index < -0.39 is 0 Å². The molecule has 0 saturated carbocycles. The van der Waals surface area contributed by atoms with E-state index in [4.69, 9.17) is 0 Å². The number of nitrogens with one attached hydrogen (secondary N) is 1. The smallest absolute Gasteiger partial charge is 0.228 e. The fourth-order valence-corrected chi connectivity index (χ4v) is 5.02. The highest BCUT2D eigenvalue weighted by atomic mass is 32.1. The second kappa shape index (κ2) is 10.9. The van der Waals surface area contributed by atoms with Crippen molar-refractivity contribution in [2.45, 2.75) is 52.4 Å². The molecule has 1 aromatic heterocycles. The number of nitrogens with zero attached hydrogens (tertiary/aromatic N) is 5. The number of carbonyl (C=O) groups excluding carboxylic acids is 2. The molecule has 3 heterocycles. The van der Waals surface area contributed by atoms with Crippen molar-refractivity contribution in [2.75, 3.05) is 55.6 Å². The summed E-state index contributed by atoms with van der Waals surface area (Å²) in [6.45, 7) is 10.6. The first kappa shape index (κ1) is 22.0. The number of amides is 2. The predicted molar refractivity (Wildman–Crippen MR) is 116 cm³/mol. The molecule has 0 bridgehead atoms. The number of piperidine rings is 1. The minimum Gasteiger partial charge on any atom is -0.355 e. The van der Waals surface area contributed by atoms with Crippen LogP contribution in [0.4, 0.5) is 10.3 Å². The van der Waals surface area contributed by atoms with Crippen LogP contribution in [0.15, 0.2) is 0 Å². The van der Waals surface area contributed by atoms with Gasteiger partial charge >= 0.3 is 0 Å². The number of hydrogen-bond donors (Lipinski definition) is 1. The highest BCUT2D eigenvalue weighted by molar-refractivity contribution is 7.19. The van der Waals surface area contributed by atoms with E-state index in [0.717, 1.165) is 83.0 Å². The van der Waals surface area contributed by atoms with E-state index in [1.165, 1.54) is 11.3 Å². The van der Waals surface area contributed by atoms with Gasteiger partial charge in [0.15, 0.2) is 0 Å². The van der Waals surface area contributed by atoms with Gasteiger partial charge in [0.1, 0.15) is 0 Å². The zero-order chi connectivity index (χ0) is 20.6. The van der Waals surface area contributed by atoms with Gasteiger partial charge in [-0.2, -0.15) is 0 Å². The number of anilines is 2. The van der Waals surface area contributed by atoms with Crippen molar-refractivity contribution in [3.05, 3.63) is 0 Å². The number of hydrogen-bond acceptors (Lipinski definition) is 7. The molecule has 1 aromatic rings. The SMILES string of the molecule is CCCN(CCC)CCNC(=O)C1CCN(c2nnc(N3CCCC3=O)s2)CC1. The Morgan fingerprint density at radius 3 is 2.41 bits per heavy atom. The van der Waals surface area contributed by atoms with Gasteiger partial charge in [0.05, 0.1) is 0 Å². The van der Waals surface area contributed by atoms with Gasteiger partial charge in [-0.25, -0.2) is 0 Å². The van der Waals surface area contributed by atoms with Crippen molar-refractivity contribution in [3.63, 3.8) is 0 Å². The summed E-state index contributed by atoms with van der Waals surface area (Å²) in [5.74, 6) is 0.391. The van der Waals surface area contributed by atoms with Gasteiger partial charge < -0.3 is 15.1 Å². The quantitative estimate of drug-likeness (QED) is 0.622. The Hall–Kier alpha value is -1.74. The summed E-state index contributed by atoms with van der Waals surface area (Å²) in [5.41, 5.74) is 0. The average Bonchev–Trinajstić information content (AvgIpc) is 3.37. The molecule has 0 spiro atoms. The monoisotopic (exact) mass is 422 g/mol. The molecule has 162 valence electrons. The Bertz CT molecular complexity index is 668. The normalized spacial score (nSPS) is 18.1. The maximum absolute atomic E-state index is 12.5. The minimum absolute atomic E-state index is 0.0737. The molecule has 2 saturated heterocycles. The Balaban J connectivity index is 1.41. The van der Waals surface area contributed by atoms with Crippen molar-refractivity contribution in [2.24, 2.45) is 5.92 Å². The number of aromatic nitrogens is 2. The molecule has 3 rings (SSSR count). The summed E-state index contributed by atoms with van der Waals surface area (Å²) in [5, 5.41) is 13.2. The molecule has 0 aliphatic carbocycles. The Morgan fingerprint density at radius 1 is 1.10 bits per heavy atom. The fraction of sp³-hybridized carbons (Fsp3) is 0.800. The molecular weight excluding hydrogens is 388 g/mol. The molecule has 2 aliphatic heterocycles. The second-order valence-corrected chi connectivity index (χ2v) is 8.84. The molecular formula is C20H34N6O2S. The van der Waals surface area contributed by atoms with Crippen LogP contribution in [-0.2, 0) is 9.59 Å². The molecule has 0 radical (unpaired) electrons. The second-order valence-electron chi connectivity index (χ2n) is 7.91. The zero-order valence-corrected chi connectivity index (χ0v) is 18.5. The van der Waals surface area contributed by atoms with Crippen molar-refractivity contribution < 1.29 is 9.59 Å². The highest BCUT2D eigenvalue weighted by Crippen LogP contribution is 2.32. The highest BCUT2D eigenvalue weighted by Gasteiger charge is 2.29. The molecule has 9 heteroatoms. The van der Waals surface area contributed by atoms with Crippen molar-refractivity contribution in [3.8, 4) is 0 Å². The van der Waals surface area contributed by atoms with E-state index in [1.807, 2.05) is 0 Å². The topological polar surface area (TPSA) is 81.7 Å². The predicted octanol–water partition coefficient (Wildman–Crippen LogP) is 2.12. The summed E-state index contributed by atoms with van der Waals surface area (Å²) >= 11 is 1.48. The zero-order valence-electron chi connectivity index (χ0n) is 17.7. The summed E-state index contributed by atoms with van der Waals surface area (Å²) in [6, 6.07) is 0. The Labute approximate surface area is 177 Å². The molecule has 0 aromatic carbocycles. The first-order chi connectivity index (χ1) is 14.1. The first-order valence-electron chi connectivity index (χ1n) is 11.0. The maximum atomic E-state index is 12.5. The third-order valence-corrected chi connectivity index (χ3v) is 6.66. The van der Waals surface area contributed by atoms with Crippen LogP contribution in [0.25, 0.3) is 0 Å². The van der Waals surface area contributed by atoms with Gasteiger partial charge in [-0.05, 0) is 45.2 Å². The van der Waals surface area contributed by atoms with Crippen molar-refractivity contribution >= 4 is 33.4 Å². The van der Waals surface area contributed by atoms with Gasteiger partial charge in [0.2, 0.25) is 22.1 Å². The largest absolute Gasteiger partial charge is 0.355 e. The maximum Gasteiger partial charge on any atom is 0.228 e. The summed E-state index contributed by atoms with van der Waals surface area (Å²) in [4.78, 5) is 30.8. The standard InChI is InChI=1S/C20H34N6O2S/c1-3-10-24(11-4-2)15-9-21-18(28)16-7-13-25(14-8-16)19-22-23-20(29-19)26-12-5-6-17(26)27/h16H,3-15H2,1-2H3,(H,21,28). The van der Waals surface area contributed by atoms with Crippen LogP contribution in [0.5, 0.6) is 0 Å². The fourth-order valence-electron chi connectivity index (χ4n) is 4.08. The van der Waals surface area contributed by atoms with Gasteiger partial charge in [0.25, 0.3) is 0 Å². The molecule has 2 fully saturated rings. The molecule has 2 amide bonds. The average molecular weight is 423 g/mol. The van der Waals surface area contributed by atoms with Gasteiger partial charge in [-0.1, -0.05) is 25.2 Å². The van der Waals surface area contributed by atoms with Gasteiger partial charge in [-0.3, -0.25) is 14.5 Å². The van der Waals surface area contributed by atoms with Crippen molar-refractivity contribution in [1.29, 1.82) is 0 Å². The van der Waals surface area contributed by atoms with Crippen LogP contribution in [-0.4, -0.2) is 72.7 Å². The lowest BCUT2D eigenvalue weighted by Gasteiger charge is -2.31. The van der Waals surface area contributed by atoms with E-state index >= 15 is 0 Å². The first-order valence-corrected chi connectivity index (χ1v) is 11.8. The van der Waals surface area contributed by atoms with Crippen LogP contribution in [0, 0.1) is 5.92 Å². The van der Waals surface area contributed by atoms with E-state index in [2.05, 4.69) is 39.2 Å². The van der Waals surface area contributed by atoms with Crippen molar-refractivity contribution in [1.82, 2.24) is 20.4 Å². The molecule has 0 unspecified atom stereocenters. The van der Waals surface area contributed by atoms with Crippen LogP contribution in [0.2, 0.25) is 0 Å². The number of rotatable bonds is 10. The van der Waals surface area contributed by atoms with Crippen LogP contribution in [0.1, 0.15) is 52.4 Å². The lowest BCUT2D eigenvalue weighted by molar-refractivity contribution is -0.125. The van der Waals surface area contributed by atoms with Crippen LogP contribution < -0.4 is 15.1 Å². The molecule has 0 atom stereocenters. The Kier molecular flexibility index (Phi) is 8.23. The third-order valence-electron chi connectivity index (χ3n) is 5.65. The lowest BCUT2D eigenvalue weighted by Crippen LogP contribution is -2.42. The van der Waals surface area contributed by atoms with E-state index in [0.29, 0.717) is 11.6 Å². The van der Waals surface area contributed by atoms with Crippen LogP contribution >= 0.6 is 11.3 Å². The van der Waals surface area contributed by atoms with E-state index in [9.17, 15) is 9.59 Å². The lowest BCUT2D eigenvalue weighted by atomic mass is 9.96. The number of carbonyl (C=O) groups is 2. The molecule has 29 heavy (non-hydrogen) atoms. The molecule has 2 aliphatic rings. The molecule has 8 nitrogen and oxygen atoms in total. The minimum atomic E-state index is 0.0737. The van der Waals surface area contributed by atoms with Gasteiger partial charge in [-0.15, -0.1) is 10.2 Å². The van der Waals surface area contributed by atoms with Gasteiger partial charge in [0, 0.05) is 45.1 Å². The third kappa shape index (κ3) is 5.88. The van der Waals surface area contributed by atoms with E-state index in [-0.39, 0.29) is 17.7 Å². The summed E-state index contributed by atoms with van der Waals surface area (Å²) in [6.07, 6.45) is 5.44. The summed E-state index contributed by atoms with van der Waals surface area (Å²) in [7, 11) is 0. The Morgan fingerprint density at radius 2 is 1.79 bits per heavy atom. The van der Waals surface area contributed by atoms with E-state index in [1.54, 1.807) is 4.90 Å².